The van der Waals surface area contributed by atoms with Gasteiger partial charge in [-0.3, -0.25) is 4.98 Å². The number of ether oxygens (including phenoxy) is 2. The van der Waals surface area contributed by atoms with Crippen LogP contribution in [-0.4, -0.2) is 44.0 Å². The smallest absolute Gasteiger partial charge is 0.143 e. The Bertz CT molecular complexity index is 356. The van der Waals surface area contributed by atoms with Crippen LogP contribution in [0.15, 0.2) is 18.3 Å². The van der Waals surface area contributed by atoms with Crippen molar-refractivity contribution in [3.8, 4) is 5.75 Å². The van der Waals surface area contributed by atoms with Gasteiger partial charge in [-0.15, -0.1) is 0 Å². The van der Waals surface area contributed by atoms with E-state index in [0.717, 1.165) is 6.54 Å². The number of pyridine rings is 1. The Morgan fingerprint density at radius 3 is 2.83 bits per heavy atom. The largest absolute Gasteiger partial charge is 0.495 e. The molecule has 0 amide bonds. The zero-order valence-electron chi connectivity index (χ0n) is 11.3. The third kappa shape index (κ3) is 4.25. The minimum absolute atomic E-state index is 0.560. The highest BCUT2D eigenvalue weighted by atomic mass is 16.5. The Balaban J connectivity index is 2.56. The van der Waals surface area contributed by atoms with Gasteiger partial charge in [-0.05, 0) is 32.0 Å². The van der Waals surface area contributed by atoms with Crippen LogP contribution >= 0.6 is 0 Å². The van der Waals surface area contributed by atoms with Crippen LogP contribution in [0.2, 0.25) is 0 Å². The van der Waals surface area contributed by atoms with E-state index in [9.17, 15) is 5.11 Å². The number of methoxy groups -OCH3 is 2. The summed E-state index contributed by atoms with van der Waals surface area (Å²) >= 11 is 0. The number of nitrogens with one attached hydrogen (secondary N) is 1. The quantitative estimate of drug-likeness (QED) is 0.676. The van der Waals surface area contributed by atoms with Crippen LogP contribution < -0.4 is 10.1 Å². The van der Waals surface area contributed by atoms with Gasteiger partial charge in [-0.1, -0.05) is 0 Å². The van der Waals surface area contributed by atoms with Gasteiger partial charge >= 0.3 is 0 Å². The first kappa shape index (κ1) is 14.9. The summed E-state index contributed by atoms with van der Waals surface area (Å²) in [6.45, 7) is 3.87. The maximum absolute atomic E-state index is 10.4. The number of aliphatic hydroxyl groups is 1. The molecule has 1 aromatic rings. The van der Waals surface area contributed by atoms with Crippen molar-refractivity contribution in [3.05, 3.63) is 24.0 Å². The molecule has 1 atom stereocenters. The summed E-state index contributed by atoms with van der Waals surface area (Å²) in [5.74, 6) is 0.611. The van der Waals surface area contributed by atoms with Crippen LogP contribution in [0, 0.1) is 0 Å². The molecule has 18 heavy (non-hydrogen) atoms. The van der Waals surface area contributed by atoms with Crippen molar-refractivity contribution in [1.82, 2.24) is 10.3 Å². The molecule has 0 aliphatic carbocycles. The highest BCUT2D eigenvalue weighted by Gasteiger charge is 2.27. The normalized spacial score (nSPS) is 14.2. The topological polar surface area (TPSA) is 63.6 Å². The van der Waals surface area contributed by atoms with Crippen LogP contribution in [0.3, 0.4) is 0 Å². The molecule has 1 aromatic heterocycles. The maximum atomic E-state index is 10.4. The fourth-order valence-electron chi connectivity index (χ4n) is 1.71. The molecule has 0 aromatic carbocycles. The average Bonchev–Trinajstić information content (AvgIpc) is 2.38. The molecule has 0 saturated heterocycles. The average molecular weight is 254 g/mol. The van der Waals surface area contributed by atoms with Gasteiger partial charge in [0.2, 0.25) is 0 Å². The van der Waals surface area contributed by atoms with Crippen LogP contribution in [0.4, 0.5) is 0 Å². The Morgan fingerprint density at radius 2 is 2.17 bits per heavy atom. The Hall–Kier alpha value is -1.17. The van der Waals surface area contributed by atoms with Crippen molar-refractivity contribution in [2.24, 2.45) is 0 Å². The Labute approximate surface area is 108 Å². The van der Waals surface area contributed by atoms with Crippen molar-refractivity contribution >= 4 is 0 Å². The Morgan fingerprint density at radius 1 is 1.39 bits per heavy atom. The fraction of sp³-hybridized carbons (Fsp3) is 0.615. The summed E-state index contributed by atoms with van der Waals surface area (Å²) < 4.78 is 10.2. The van der Waals surface area contributed by atoms with Gasteiger partial charge in [0.25, 0.3) is 0 Å². The zero-order valence-corrected chi connectivity index (χ0v) is 11.3. The van der Waals surface area contributed by atoms with Crippen LogP contribution in [0.25, 0.3) is 0 Å². The molecule has 0 radical (unpaired) electrons. The SMILES string of the molecule is COCCNCCC(C)(O)c1ncccc1OC. The molecule has 0 spiro atoms. The third-order valence-corrected chi connectivity index (χ3v) is 2.77. The highest BCUT2D eigenvalue weighted by molar-refractivity contribution is 5.31. The predicted octanol–water partition coefficient (Wildman–Crippen LogP) is 0.924. The molecule has 0 fully saturated rings. The van der Waals surface area contributed by atoms with Gasteiger partial charge in [0, 0.05) is 19.9 Å². The third-order valence-electron chi connectivity index (χ3n) is 2.77. The summed E-state index contributed by atoms with van der Waals surface area (Å²) in [6, 6.07) is 3.59. The van der Waals surface area contributed by atoms with E-state index in [2.05, 4.69) is 10.3 Å². The molecule has 0 bridgehead atoms. The molecule has 5 heteroatoms. The number of hydrogen-bond acceptors (Lipinski definition) is 5. The first-order valence-electron chi connectivity index (χ1n) is 6.03. The van der Waals surface area contributed by atoms with Crippen molar-refractivity contribution in [2.45, 2.75) is 18.9 Å². The zero-order chi connectivity index (χ0) is 13.4. The van der Waals surface area contributed by atoms with Crippen molar-refractivity contribution in [3.63, 3.8) is 0 Å². The van der Waals surface area contributed by atoms with Gasteiger partial charge in [0.05, 0.1) is 13.7 Å². The molecule has 1 heterocycles. The summed E-state index contributed by atoms with van der Waals surface area (Å²) in [5, 5.41) is 13.6. The molecule has 5 nitrogen and oxygen atoms in total. The summed E-state index contributed by atoms with van der Waals surface area (Å²) in [4.78, 5) is 4.21. The minimum Gasteiger partial charge on any atom is -0.495 e. The molecule has 102 valence electrons. The standard InChI is InChI=1S/C13H22N2O3/c1-13(16,6-8-14-9-10-17-2)12-11(18-3)5-4-7-15-12/h4-5,7,14,16H,6,8-10H2,1-3H3. The van der Waals surface area contributed by atoms with E-state index in [1.54, 1.807) is 39.5 Å². The highest BCUT2D eigenvalue weighted by Crippen LogP contribution is 2.29. The number of aromatic nitrogens is 1. The number of nitrogens with zero attached hydrogens (tertiary/aromatic N) is 1. The van der Waals surface area contributed by atoms with E-state index >= 15 is 0 Å². The van der Waals surface area contributed by atoms with E-state index in [0.29, 0.717) is 31.0 Å². The molecule has 2 N–H and O–H groups in total. The van der Waals surface area contributed by atoms with Crippen LogP contribution in [0.5, 0.6) is 5.75 Å². The first-order valence-corrected chi connectivity index (χ1v) is 6.03. The molecule has 0 aliphatic heterocycles. The second kappa shape index (κ2) is 7.31. The van der Waals surface area contributed by atoms with Gasteiger partial charge in [-0.25, -0.2) is 0 Å². The molecule has 1 unspecified atom stereocenters. The molecular weight excluding hydrogens is 232 g/mol. The Kier molecular flexibility index (Phi) is 6.04. The first-order chi connectivity index (χ1) is 8.61. The number of hydrogen-bond donors (Lipinski definition) is 2. The predicted molar refractivity (Wildman–Crippen MR) is 69.7 cm³/mol. The van der Waals surface area contributed by atoms with Gasteiger partial charge in [0.15, 0.2) is 0 Å². The second-order valence-electron chi connectivity index (χ2n) is 4.32. The van der Waals surface area contributed by atoms with Gasteiger partial charge in [0.1, 0.15) is 17.0 Å². The molecular formula is C13H22N2O3. The van der Waals surface area contributed by atoms with E-state index in [-0.39, 0.29) is 0 Å². The lowest BCUT2D eigenvalue weighted by Crippen LogP contribution is -2.30. The fourth-order valence-corrected chi connectivity index (χ4v) is 1.71. The van der Waals surface area contributed by atoms with Gasteiger partial charge in [-0.2, -0.15) is 0 Å². The molecule has 0 saturated carbocycles. The second-order valence-corrected chi connectivity index (χ2v) is 4.32. The number of rotatable bonds is 8. The van der Waals surface area contributed by atoms with Crippen molar-refractivity contribution in [2.75, 3.05) is 33.9 Å². The molecule has 0 aliphatic rings. The minimum atomic E-state index is -1.01. The van der Waals surface area contributed by atoms with E-state index in [1.807, 2.05) is 0 Å². The van der Waals surface area contributed by atoms with Crippen molar-refractivity contribution < 1.29 is 14.6 Å². The summed E-state index contributed by atoms with van der Waals surface area (Å²) in [7, 11) is 3.24. The van der Waals surface area contributed by atoms with E-state index < -0.39 is 5.60 Å². The van der Waals surface area contributed by atoms with Crippen LogP contribution in [-0.2, 0) is 10.3 Å². The van der Waals surface area contributed by atoms with E-state index in [1.165, 1.54) is 0 Å². The van der Waals surface area contributed by atoms with Gasteiger partial charge < -0.3 is 19.9 Å². The van der Waals surface area contributed by atoms with Crippen LogP contribution in [0.1, 0.15) is 19.0 Å². The van der Waals surface area contributed by atoms with Crippen molar-refractivity contribution in [1.29, 1.82) is 0 Å². The summed E-state index contributed by atoms with van der Waals surface area (Å²) in [6.07, 6.45) is 2.22. The monoisotopic (exact) mass is 254 g/mol. The summed E-state index contributed by atoms with van der Waals surface area (Å²) in [5.41, 5.74) is -0.437. The maximum Gasteiger partial charge on any atom is 0.143 e. The lowest BCUT2D eigenvalue weighted by atomic mass is 9.96. The lowest BCUT2D eigenvalue weighted by Gasteiger charge is -2.24. The van der Waals surface area contributed by atoms with E-state index in [4.69, 9.17) is 9.47 Å². The molecule has 1 rings (SSSR count). The lowest BCUT2D eigenvalue weighted by molar-refractivity contribution is 0.0404.